The molecule has 0 unspecified atom stereocenters. The van der Waals surface area contributed by atoms with Gasteiger partial charge in [0.25, 0.3) is 0 Å². The fourth-order valence-electron chi connectivity index (χ4n) is 2.47. The summed E-state index contributed by atoms with van der Waals surface area (Å²) in [5.41, 5.74) is 2.56. The smallest absolute Gasteiger partial charge is 0.155 e. The van der Waals surface area contributed by atoms with E-state index in [0.29, 0.717) is 10.6 Å². The maximum atomic E-state index is 5.99. The first-order chi connectivity index (χ1) is 7.91. The van der Waals surface area contributed by atoms with Gasteiger partial charge in [-0.25, -0.2) is 0 Å². The predicted octanol–water partition coefficient (Wildman–Crippen LogP) is 3.37. The molecule has 0 radical (unpaired) electrons. The Morgan fingerprint density at radius 2 is 1.88 bits per heavy atom. The first-order valence-corrected chi connectivity index (χ1v) is 6.53. The molecule has 1 aliphatic heterocycles. The van der Waals surface area contributed by atoms with Gasteiger partial charge in [0.15, 0.2) is 11.0 Å². The highest BCUT2D eigenvalue weighted by molar-refractivity contribution is 6.30. The minimum absolute atomic E-state index is 0.361. The van der Waals surface area contributed by atoms with Crippen molar-refractivity contribution in [1.82, 2.24) is 10.2 Å². The highest BCUT2D eigenvalue weighted by Gasteiger charge is 2.28. The third kappa shape index (κ3) is 2.54. The topological polar surface area (TPSA) is 29.0 Å². The lowest BCUT2D eigenvalue weighted by Gasteiger charge is -2.39. The zero-order valence-electron chi connectivity index (χ0n) is 11.0. The maximum Gasteiger partial charge on any atom is 0.155 e. The van der Waals surface area contributed by atoms with Gasteiger partial charge in [0, 0.05) is 13.1 Å². The van der Waals surface area contributed by atoms with Crippen molar-refractivity contribution in [3.8, 4) is 0 Å². The fourth-order valence-corrected chi connectivity index (χ4v) is 2.65. The summed E-state index contributed by atoms with van der Waals surface area (Å²) in [6.45, 7) is 10.8. The van der Waals surface area contributed by atoms with Gasteiger partial charge in [0.2, 0.25) is 0 Å². The molecule has 0 aromatic carbocycles. The molecule has 1 aromatic heterocycles. The maximum absolute atomic E-state index is 5.99. The molecule has 0 spiro atoms. The molecular weight excluding hydrogens is 234 g/mol. The van der Waals surface area contributed by atoms with Crippen LogP contribution < -0.4 is 4.90 Å². The van der Waals surface area contributed by atoms with Crippen LogP contribution in [-0.2, 0) is 0 Å². The van der Waals surface area contributed by atoms with E-state index in [1.54, 1.807) is 0 Å². The van der Waals surface area contributed by atoms with Crippen LogP contribution >= 0.6 is 11.6 Å². The van der Waals surface area contributed by atoms with Crippen molar-refractivity contribution in [3.05, 3.63) is 16.3 Å². The van der Waals surface area contributed by atoms with Crippen LogP contribution in [0.1, 0.15) is 37.8 Å². The molecule has 2 heterocycles. The Kier molecular flexibility index (Phi) is 3.30. The molecule has 3 nitrogen and oxygen atoms in total. The third-order valence-electron chi connectivity index (χ3n) is 3.64. The molecule has 0 aliphatic carbocycles. The van der Waals surface area contributed by atoms with Gasteiger partial charge in [0.1, 0.15) is 0 Å². The summed E-state index contributed by atoms with van der Waals surface area (Å²) in [5, 5.41) is 8.82. The molecule has 1 saturated heterocycles. The zero-order chi connectivity index (χ0) is 12.6. The summed E-state index contributed by atoms with van der Waals surface area (Å²) in [4.78, 5) is 2.34. The Balaban J connectivity index is 2.31. The first kappa shape index (κ1) is 12.6. The Hall–Kier alpha value is -0.830. The molecule has 1 fully saturated rings. The highest BCUT2D eigenvalue weighted by Crippen LogP contribution is 2.33. The van der Waals surface area contributed by atoms with E-state index in [9.17, 15) is 0 Å². The van der Waals surface area contributed by atoms with Crippen LogP contribution in [-0.4, -0.2) is 23.3 Å². The minimum atomic E-state index is 0.361. The number of anilines is 1. The van der Waals surface area contributed by atoms with Gasteiger partial charge in [0.05, 0.1) is 0 Å². The normalized spacial score (nSPS) is 19.5. The highest BCUT2D eigenvalue weighted by atomic mass is 35.5. The molecule has 1 aliphatic rings. The van der Waals surface area contributed by atoms with E-state index in [-0.39, 0.29) is 0 Å². The standard InChI is InChI=1S/C13H20ClN3/c1-9-10(2)12(16-15-11(9)14)17-7-5-6-13(3,4)8-17/h5-8H2,1-4H3. The van der Waals surface area contributed by atoms with Crippen LogP contribution in [0.3, 0.4) is 0 Å². The minimum Gasteiger partial charge on any atom is -0.354 e. The van der Waals surface area contributed by atoms with Crippen molar-refractivity contribution in [2.75, 3.05) is 18.0 Å². The largest absolute Gasteiger partial charge is 0.354 e. The first-order valence-electron chi connectivity index (χ1n) is 6.15. The van der Waals surface area contributed by atoms with E-state index < -0.39 is 0 Å². The average Bonchev–Trinajstić information content (AvgIpc) is 2.25. The van der Waals surface area contributed by atoms with Gasteiger partial charge in [-0.1, -0.05) is 25.4 Å². The Bertz CT molecular complexity index is 429. The summed E-state index contributed by atoms with van der Waals surface area (Å²) < 4.78 is 0. The van der Waals surface area contributed by atoms with Gasteiger partial charge in [-0.15, -0.1) is 10.2 Å². The molecule has 17 heavy (non-hydrogen) atoms. The second-order valence-corrected chi connectivity index (χ2v) is 6.11. The number of hydrogen-bond acceptors (Lipinski definition) is 3. The van der Waals surface area contributed by atoms with E-state index in [1.807, 2.05) is 6.92 Å². The van der Waals surface area contributed by atoms with Crippen LogP contribution in [0.5, 0.6) is 0 Å². The van der Waals surface area contributed by atoms with Crippen molar-refractivity contribution in [3.63, 3.8) is 0 Å². The van der Waals surface area contributed by atoms with E-state index in [1.165, 1.54) is 12.8 Å². The van der Waals surface area contributed by atoms with E-state index in [4.69, 9.17) is 11.6 Å². The molecule has 0 saturated carbocycles. The van der Waals surface area contributed by atoms with E-state index in [0.717, 1.165) is 30.0 Å². The van der Waals surface area contributed by atoms with Crippen LogP contribution in [0.2, 0.25) is 5.15 Å². The van der Waals surface area contributed by atoms with Gasteiger partial charge >= 0.3 is 0 Å². The molecule has 0 atom stereocenters. The number of halogens is 1. The lowest BCUT2D eigenvalue weighted by Crippen LogP contribution is -2.41. The van der Waals surface area contributed by atoms with Gasteiger partial charge in [-0.05, 0) is 43.2 Å². The summed E-state index contributed by atoms with van der Waals surface area (Å²) in [6.07, 6.45) is 2.50. The molecule has 1 aromatic rings. The summed E-state index contributed by atoms with van der Waals surface area (Å²) in [6, 6.07) is 0. The zero-order valence-corrected chi connectivity index (χ0v) is 11.8. The Morgan fingerprint density at radius 1 is 1.18 bits per heavy atom. The van der Waals surface area contributed by atoms with Crippen LogP contribution in [0.25, 0.3) is 0 Å². The molecule has 0 bridgehead atoms. The van der Waals surface area contributed by atoms with Gasteiger partial charge in [-0.3, -0.25) is 0 Å². The van der Waals surface area contributed by atoms with Crippen molar-refractivity contribution < 1.29 is 0 Å². The van der Waals surface area contributed by atoms with Crippen LogP contribution in [0, 0.1) is 19.3 Å². The SMILES string of the molecule is Cc1c(Cl)nnc(N2CCCC(C)(C)C2)c1C. The molecule has 2 rings (SSSR count). The molecule has 94 valence electrons. The van der Waals surface area contributed by atoms with Gasteiger partial charge < -0.3 is 4.90 Å². The monoisotopic (exact) mass is 253 g/mol. The molecular formula is C13H20ClN3. The quantitative estimate of drug-likeness (QED) is 0.768. The number of nitrogens with zero attached hydrogens (tertiary/aromatic N) is 3. The Morgan fingerprint density at radius 3 is 2.53 bits per heavy atom. The third-order valence-corrected chi connectivity index (χ3v) is 4.00. The fraction of sp³-hybridized carbons (Fsp3) is 0.692. The molecule has 0 N–H and O–H groups in total. The summed E-state index contributed by atoms with van der Waals surface area (Å²) in [5.74, 6) is 1.000. The van der Waals surface area contributed by atoms with Gasteiger partial charge in [-0.2, -0.15) is 0 Å². The molecule has 0 amide bonds. The number of piperidine rings is 1. The number of rotatable bonds is 1. The second-order valence-electron chi connectivity index (χ2n) is 5.75. The second kappa shape index (κ2) is 4.45. The molecule has 4 heteroatoms. The average molecular weight is 254 g/mol. The number of aromatic nitrogens is 2. The van der Waals surface area contributed by atoms with Crippen molar-refractivity contribution in [1.29, 1.82) is 0 Å². The summed E-state index contributed by atoms with van der Waals surface area (Å²) in [7, 11) is 0. The van der Waals surface area contributed by atoms with Crippen molar-refractivity contribution >= 4 is 17.4 Å². The lowest BCUT2D eigenvalue weighted by atomic mass is 9.84. The van der Waals surface area contributed by atoms with E-state index >= 15 is 0 Å². The summed E-state index contributed by atoms with van der Waals surface area (Å²) >= 11 is 5.99. The van der Waals surface area contributed by atoms with Crippen molar-refractivity contribution in [2.45, 2.75) is 40.5 Å². The van der Waals surface area contributed by atoms with Crippen LogP contribution in [0.15, 0.2) is 0 Å². The lowest BCUT2D eigenvalue weighted by molar-refractivity contribution is 0.291. The van der Waals surface area contributed by atoms with Crippen molar-refractivity contribution in [2.24, 2.45) is 5.41 Å². The van der Waals surface area contributed by atoms with E-state index in [2.05, 4.69) is 35.9 Å². The Labute approximate surface area is 108 Å². The predicted molar refractivity (Wildman–Crippen MR) is 71.7 cm³/mol. The number of hydrogen-bond donors (Lipinski definition) is 0. The van der Waals surface area contributed by atoms with Crippen LogP contribution in [0.4, 0.5) is 5.82 Å².